The molecule has 3 aromatic rings. The third kappa shape index (κ3) is 4.42. The molecule has 0 unspecified atom stereocenters. The average molecular weight is 422 g/mol. The Balaban J connectivity index is 1.47. The number of aromatic nitrogens is 3. The lowest BCUT2D eigenvalue weighted by atomic mass is 10.1. The number of nitrogens with zero attached hydrogens (tertiary/aromatic N) is 5. The molecule has 8 heteroatoms. The first-order valence-electron chi connectivity index (χ1n) is 10.6. The Morgan fingerprint density at radius 1 is 1.10 bits per heavy atom. The number of carbonyl (C=O) groups excluding carboxylic acids is 1. The van der Waals surface area contributed by atoms with Gasteiger partial charge in [-0.2, -0.15) is 0 Å². The fourth-order valence-electron chi connectivity index (χ4n) is 3.87. The monoisotopic (exact) mass is 421 g/mol. The molecule has 0 atom stereocenters. The van der Waals surface area contributed by atoms with E-state index in [2.05, 4.69) is 56.9 Å². The molecule has 3 heterocycles. The Labute approximate surface area is 183 Å². The summed E-state index contributed by atoms with van der Waals surface area (Å²) in [5.41, 5.74) is 2.70. The molecule has 1 amide bonds. The molecular weight excluding hydrogens is 390 g/mol. The van der Waals surface area contributed by atoms with Gasteiger partial charge in [0.2, 0.25) is 0 Å². The quantitative estimate of drug-likeness (QED) is 0.673. The Hall–Kier alpha value is -3.29. The third-order valence-electron chi connectivity index (χ3n) is 5.45. The smallest absolute Gasteiger partial charge is 0.256 e. The predicted molar refractivity (Wildman–Crippen MR) is 126 cm³/mol. The summed E-state index contributed by atoms with van der Waals surface area (Å²) in [6.45, 7) is 9.03. The van der Waals surface area contributed by atoms with E-state index in [1.165, 1.54) is 0 Å². The van der Waals surface area contributed by atoms with Crippen molar-refractivity contribution < 1.29 is 4.79 Å². The largest absolute Gasteiger partial charge is 0.378 e. The second-order valence-electron chi connectivity index (χ2n) is 9.21. The lowest BCUT2D eigenvalue weighted by Crippen LogP contribution is -2.49. The number of aromatic amines is 1. The normalized spacial score (nSPS) is 14.7. The van der Waals surface area contributed by atoms with Crippen LogP contribution in [0.25, 0.3) is 10.9 Å². The van der Waals surface area contributed by atoms with E-state index in [1.807, 2.05) is 37.3 Å². The SMILES string of the molecule is CN(C)c1ccc2c(C(=O)N3CCN(c4nccnc4NC(C)(C)C)CC3)c[nH]c2c1. The summed E-state index contributed by atoms with van der Waals surface area (Å²) in [6, 6.07) is 6.14. The summed E-state index contributed by atoms with van der Waals surface area (Å²) in [5, 5.41) is 4.39. The van der Waals surface area contributed by atoms with Crippen LogP contribution in [0.1, 0.15) is 31.1 Å². The number of nitrogens with one attached hydrogen (secondary N) is 2. The molecule has 2 N–H and O–H groups in total. The van der Waals surface area contributed by atoms with Crippen LogP contribution in [0, 0.1) is 0 Å². The fraction of sp³-hybridized carbons (Fsp3) is 0.435. The Morgan fingerprint density at radius 2 is 1.81 bits per heavy atom. The molecule has 1 aliphatic rings. The van der Waals surface area contributed by atoms with E-state index in [0.29, 0.717) is 13.1 Å². The number of piperazine rings is 1. The molecule has 31 heavy (non-hydrogen) atoms. The maximum absolute atomic E-state index is 13.2. The highest BCUT2D eigenvalue weighted by Crippen LogP contribution is 2.27. The summed E-state index contributed by atoms with van der Waals surface area (Å²) in [7, 11) is 4.02. The van der Waals surface area contributed by atoms with E-state index >= 15 is 0 Å². The lowest BCUT2D eigenvalue weighted by molar-refractivity contribution is 0.0748. The Kier molecular flexibility index (Phi) is 5.47. The molecule has 4 rings (SSSR count). The molecular formula is C23H31N7O. The van der Waals surface area contributed by atoms with Gasteiger partial charge in [0, 0.05) is 81.0 Å². The summed E-state index contributed by atoms with van der Waals surface area (Å²) in [5.74, 6) is 1.69. The van der Waals surface area contributed by atoms with Gasteiger partial charge in [0.25, 0.3) is 5.91 Å². The minimum atomic E-state index is -0.107. The molecule has 0 spiro atoms. The van der Waals surface area contributed by atoms with Crippen molar-refractivity contribution in [3.8, 4) is 0 Å². The van der Waals surface area contributed by atoms with Gasteiger partial charge in [0.15, 0.2) is 11.6 Å². The van der Waals surface area contributed by atoms with Gasteiger partial charge in [-0.3, -0.25) is 4.79 Å². The maximum atomic E-state index is 13.2. The van der Waals surface area contributed by atoms with Gasteiger partial charge in [0.05, 0.1) is 5.56 Å². The first-order valence-corrected chi connectivity index (χ1v) is 10.6. The van der Waals surface area contributed by atoms with Crippen molar-refractivity contribution in [2.45, 2.75) is 26.3 Å². The second-order valence-corrected chi connectivity index (χ2v) is 9.21. The third-order valence-corrected chi connectivity index (χ3v) is 5.45. The molecule has 2 aromatic heterocycles. The van der Waals surface area contributed by atoms with Crippen LogP contribution in [0.2, 0.25) is 0 Å². The number of benzene rings is 1. The Morgan fingerprint density at radius 3 is 2.48 bits per heavy atom. The number of amides is 1. The van der Waals surface area contributed by atoms with Crippen molar-refractivity contribution in [3.05, 3.63) is 42.4 Å². The van der Waals surface area contributed by atoms with Crippen molar-refractivity contribution in [3.63, 3.8) is 0 Å². The van der Waals surface area contributed by atoms with E-state index in [9.17, 15) is 4.79 Å². The zero-order valence-corrected chi connectivity index (χ0v) is 18.9. The molecule has 8 nitrogen and oxygen atoms in total. The second kappa shape index (κ2) is 8.09. The topological polar surface area (TPSA) is 80.4 Å². The van der Waals surface area contributed by atoms with E-state index in [4.69, 9.17) is 0 Å². The minimum Gasteiger partial charge on any atom is -0.378 e. The number of hydrogen-bond donors (Lipinski definition) is 2. The van der Waals surface area contributed by atoms with Gasteiger partial charge in [-0.1, -0.05) is 0 Å². The summed E-state index contributed by atoms with van der Waals surface area (Å²) in [4.78, 5) is 31.7. The van der Waals surface area contributed by atoms with Gasteiger partial charge in [-0.15, -0.1) is 0 Å². The van der Waals surface area contributed by atoms with Crippen molar-refractivity contribution in [1.82, 2.24) is 19.9 Å². The van der Waals surface area contributed by atoms with Crippen molar-refractivity contribution in [2.24, 2.45) is 0 Å². The molecule has 0 bridgehead atoms. The van der Waals surface area contributed by atoms with Crippen LogP contribution in [0.4, 0.5) is 17.3 Å². The molecule has 1 aromatic carbocycles. The molecule has 0 saturated carbocycles. The highest BCUT2D eigenvalue weighted by Gasteiger charge is 2.26. The number of H-pyrrole nitrogens is 1. The number of fused-ring (bicyclic) bond motifs is 1. The van der Waals surface area contributed by atoms with Crippen LogP contribution in [0.3, 0.4) is 0 Å². The van der Waals surface area contributed by atoms with Crippen LogP contribution in [0.5, 0.6) is 0 Å². The first-order chi connectivity index (χ1) is 14.7. The van der Waals surface area contributed by atoms with E-state index in [0.717, 1.165) is 46.9 Å². The number of hydrogen-bond acceptors (Lipinski definition) is 6. The van der Waals surface area contributed by atoms with Gasteiger partial charge >= 0.3 is 0 Å². The van der Waals surface area contributed by atoms with Gasteiger partial charge in [0.1, 0.15) is 0 Å². The standard InChI is InChI=1S/C23H31N7O/c1-23(2,3)27-20-21(25-9-8-24-20)29-10-12-30(13-11-29)22(31)18-15-26-19-14-16(28(4)5)6-7-17(18)19/h6-9,14-15,26H,10-13H2,1-5H3,(H,24,27). The van der Waals surface area contributed by atoms with Crippen molar-refractivity contribution in [1.29, 1.82) is 0 Å². The van der Waals surface area contributed by atoms with Crippen LogP contribution >= 0.6 is 0 Å². The van der Waals surface area contributed by atoms with Gasteiger partial charge in [-0.25, -0.2) is 9.97 Å². The van der Waals surface area contributed by atoms with Crippen molar-refractivity contribution in [2.75, 3.05) is 55.4 Å². The molecule has 1 aliphatic heterocycles. The number of rotatable bonds is 4. The lowest BCUT2D eigenvalue weighted by Gasteiger charge is -2.36. The van der Waals surface area contributed by atoms with E-state index in [-0.39, 0.29) is 11.4 Å². The van der Waals surface area contributed by atoms with Crippen LogP contribution in [0.15, 0.2) is 36.8 Å². The van der Waals surface area contributed by atoms with Crippen LogP contribution < -0.4 is 15.1 Å². The van der Waals surface area contributed by atoms with E-state index in [1.54, 1.807) is 12.4 Å². The molecule has 0 radical (unpaired) electrons. The van der Waals surface area contributed by atoms with Gasteiger partial charge < -0.3 is 25.0 Å². The minimum absolute atomic E-state index is 0.0655. The van der Waals surface area contributed by atoms with Gasteiger partial charge in [-0.05, 0) is 39.0 Å². The highest BCUT2D eigenvalue weighted by atomic mass is 16.2. The van der Waals surface area contributed by atoms with Crippen LogP contribution in [-0.2, 0) is 0 Å². The van der Waals surface area contributed by atoms with Crippen LogP contribution in [-0.4, -0.2) is 71.6 Å². The average Bonchev–Trinajstić information content (AvgIpc) is 3.16. The fourth-order valence-corrected chi connectivity index (χ4v) is 3.87. The summed E-state index contributed by atoms with van der Waals surface area (Å²) >= 11 is 0. The van der Waals surface area contributed by atoms with Crippen molar-refractivity contribution >= 4 is 34.1 Å². The Bertz CT molecular complexity index is 1070. The zero-order valence-electron chi connectivity index (χ0n) is 18.9. The number of anilines is 3. The zero-order chi connectivity index (χ0) is 22.2. The summed E-state index contributed by atoms with van der Waals surface area (Å²) < 4.78 is 0. The predicted octanol–water partition coefficient (Wildman–Crippen LogP) is 3.20. The maximum Gasteiger partial charge on any atom is 0.256 e. The molecule has 1 saturated heterocycles. The van der Waals surface area contributed by atoms with E-state index < -0.39 is 0 Å². The first kappa shape index (κ1) is 21.0. The summed E-state index contributed by atoms with van der Waals surface area (Å²) in [6.07, 6.45) is 5.25. The molecule has 164 valence electrons. The molecule has 0 aliphatic carbocycles. The highest BCUT2D eigenvalue weighted by molar-refractivity contribution is 6.07. The number of carbonyl (C=O) groups is 1. The molecule has 1 fully saturated rings.